The molecule has 4 aromatic carbocycles. The maximum atomic E-state index is 13.5. The van der Waals surface area contributed by atoms with E-state index in [1.807, 2.05) is 0 Å². The number of benzene rings is 4. The number of rotatable bonds is 8. The van der Waals surface area contributed by atoms with E-state index in [0.717, 1.165) is 16.7 Å². The maximum Gasteiger partial charge on any atom is 0.283 e. The van der Waals surface area contributed by atoms with Crippen LogP contribution in [-0.2, 0) is 9.59 Å². The topological polar surface area (TPSA) is 87.7 Å². The summed E-state index contributed by atoms with van der Waals surface area (Å²) in [6, 6.07) is 27.8. The summed E-state index contributed by atoms with van der Waals surface area (Å²) >= 11 is 1.12. The van der Waals surface area contributed by atoms with Gasteiger partial charge in [0, 0.05) is 21.8 Å². The fourth-order valence-electron chi connectivity index (χ4n) is 3.87. The van der Waals surface area contributed by atoms with Crippen LogP contribution in [0.15, 0.2) is 119 Å². The minimum absolute atomic E-state index is 0.0948. The average Bonchev–Trinajstić information content (AvgIpc) is 3.19. The van der Waals surface area contributed by atoms with Crippen LogP contribution in [0, 0.1) is 5.82 Å². The molecule has 0 fully saturated rings. The number of anilines is 3. The quantitative estimate of drug-likeness (QED) is 0.264. The third kappa shape index (κ3) is 5.68. The molecular weight excluding hydrogens is 517 g/mol. The van der Waals surface area contributed by atoms with Gasteiger partial charge < -0.3 is 15.4 Å². The van der Waals surface area contributed by atoms with Gasteiger partial charge in [-0.3, -0.25) is 14.4 Å². The Morgan fingerprint density at radius 2 is 1.44 bits per heavy atom. The summed E-state index contributed by atoms with van der Waals surface area (Å²) in [5.41, 5.74) is 2.05. The van der Waals surface area contributed by atoms with Crippen molar-refractivity contribution in [2.24, 2.45) is 0 Å². The third-order valence-electron chi connectivity index (χ3n) is 5.85. The summed E-state index contributed by atoms with van der Waals surface area (Å²) in [6.07, 6.45) is 0. The second kappa shape index (κ2) is 11.2. The molecule has 0 bridgehead atoms. The first-order chi connectivity index (χ1) is 18.9. The summed E-state index contributed by atoms with van der Waals surface area (Å²) in [5.74, 6) is -1.02. The van der Waals surface area contributed by atoms with E-state index in [2.05, 4.69) is 10.6 Å². The molecule has 4 aromatic rings. The molecule has 3 amide bonds. The van der Waals surface area contributed by atoms with Gasteiger partial charge in [-0.15, -0.1) is 0 Å². The number of carbonyl (C=O) groups is 3. The van der Waals surface area contributed by atoms with Crippen molar-refractivity contribution >= 4 is 46.5 Å². The van der Waals surface area contributed by atoms with Crippen LogP contribution in [-0.4, -0.2) is 24.8 Å². The average molecular weight is 540 g/mol. The number of nitrogens with one attached hydrogen (secondary N) is 2. The molecule has 0 aromatic heterocycles. The third-order valence-corrected chi connectivity index (χ3v) is 6.94. The molecule has 9 heteroatoms. The molecule has 0 saturated heterocycles. The van der Waals surface area contributed by atoms with Crippen molar-refractivity contribution in [3.8, 4) is 5.75 Å². The van der Waals surface area contributed by atoms with E-state index in [1.54, 1.807) is 86.0 Å². The maximum absolute atomic E-state index is 13.5. The highest BCUT2D eigenvalue weighted by molar-refractivity contribution is 8.04. The SMILES string of the molecule is COc1ccc(C(=O)Nc2ccc(SC3=C(Nc4ccc(F)cc4)C(=O)N(c4ccccc4)C3=O)cc2)cc1. The molecule has 0 spiro atoms. The first kappa shape index (κ1) is 25.7. The number of imide groups is 1. The van der Waals surface area contributed by atoms with Crippen molar-refractivity contribution in [2.75, 3.05) is 22.6 Å². The zero-order valence-electron chi connectivity index (χ0n) is 20.7. The van der Waals surface area contributed by atoms with Crippen LogP contribution in [0.5, 0.6) is 5.75 Å². The van der Waals surface area contributed by atoms with Gasteiger partial charge in [0.1, 0.15) is 22.2 Å². The van der Waals surface area contributed by atoms with Gasteiger partial charge in [-0.1, -0.05) is 30.0 Å². The van der Waals surface area contributed by atoms with E-state index in [-0.39, 0.29) is 16.5 Å². The predicted molar refractivity (Wildman–Crippen MR) is 149 cm³/mol. The lowest BCUT2D eigenvalue weighted by atomic mass is 10.2. The number of ether oxygens (including phenoxy) is 1. The van der Waals surface area contributed by atoms with Crippen LogP contribution >= 0.6 is 11.8 Å². The van der Waals surface area contributed by atoms with Gasteiger partial charge in [0.25, 0.3) is 17.7 Å². The van der Waals surface area contributed by atoms with Crippen molar-refractivity contribution < 1.29 is 23.5 Å². The second-order valence-electron chi connectivity index (χ2n) is 8.43. The number of hydrogen-bond acceptors (Lipinski definition) is 6. The van der Waals surface area contributed by atoms with Crippen LogP contribution in [0.2, 0.25) is 0 Å². The zero-order chi connectivity index (χ0) is 27.4. The summed E-state index contributed by atoms with van der Waals surface area (Å²) in [6.45, 7) is 0. The van der Waals surface area contributed by atoms with Crippen molar-refractivity contribution in [1.82, 2.24) is 0 Å². The van der Waals surface area contributed by atoms with Crippen LogP contribution in [0.25, 0.3) is 0 Å². The van der Waals surface area contributed by atoms with Crippen molar-refractivity contribution in [2.45, 2.75) is 4.90 Å². The number of halogens is 1. The lowest BCUT2D eigenvalue weighted by Crippen LogP contribution is -2.32. The van der Waals surface area contributed by atoms with Gasteiger partial charge in [-0.25, -0.2) is 9.29 Å². The summed E-state index contributed by atoms with van der Waals surface area (Å²) < 4.78 is 18.5. The number of para-hydroxylation sites is 1. The Hall–Kier alpha value is -4.89. The fourth-order valence-corrected chi connectivity index (χ4v) is 4.80. The molecule has 39 heavy (non-hydrogen) atoms. The number of hydrogen-bond donors (Lipinski definition) is 2. The van der Waals surface area contributed by atoms with E-state index < -0.39 is 17.6 Å². The highest BCUT2D eigenvalue weighted by atomic mass is 32.2. The number of amides is 3. The van der Waals surface area contributed by atoms with Crippen molar-refractivity contribution in [3.63, 3.8) is 0 Å². The van der Waals surface area contributed by atoms with E-state index in [1.165, 1.54) is 24.3 Å². The molecular formula is C30H22FN3O4S. The molecule has 1 aliphatic rings. The van der Waals surface area contributed by atoms with E-state index >= 15 is 0 Å². The Bertz CT molecular complexity index is 1560. The number of methoxy groups -OCH3 is 1. The molecule has 1 aliphatic heterocycles. The van der Waals surface area contributed by atoms with Crippen LogP contribution in [0.1, 0.15) is 10.4 Å². The lowest BCUT2D eigenvalue weighted by Gasteiger charge is -2.15. The molecule has 0 atom stereocenters. The van der Waals surface area contributed by atoms with E-state index in [0.29, 0.717) is 33.3 Å². The number of nitrogens with zero attached hydrogens (tertiary/aromatic N) is 1. The monoisotopic (exact) mass is 539 g/mol. The smallest absolute Gasteiger partial charge is 0.283 e. The predicted octanol–water partition coefficient (Wildman–Crippen LogP) is 6.08. The van der Waals surface area contributed by atoms with Gasteiger partial charge >= 0.3 is 0 Å². The summed E-state index contributed by atoms with van der Waals surface area (Å²) in [7, 11) is 1.56. The lowest BCUT2D eigenvalue weighted by molar-refractivity contribution is -0.120. The van der Waals surface area contributed by atoms with Gasteiger partial charge in [0.2, 0.25) is 0 Å². The van der Waals surface area contributed by atoms with Gasteiger partial charge in [-0.2, -0.15) is 0 Å². The molecule has 7 nitrogen and oxygen atoms in total. The Kier molecular flexibility index (Phi) is 7.42. The van der Waals surface area contributed by atoms with Gasteiger partial charge in [0.15, 0.2) is 0 Å². The Morgan fingerprint density at radius 3 is 2.08 bits per heavy atom. The molecule has 5 rings (SSSR count). The van der Waals surface area contributed by atoms with E-state index in [4.69, 9.17) is 4.74 Å². The molecule has 2 N–H and O–H groups in total. The zero-order valence-corrected chi connectivity index (χ0v) is 21.5. The van der Waals surface area contributed by atoms with Crippen LogP contribution in [0.3, 0.4) is 0 Å². The Balaban J connectivity index is 1.37. The summed E-state index contributed by atoms with van der Waals surface area (Å²) in [4.78, 5) is 41.4. The minimum Gasteiger partial charge on any atom is -0.497 e. The van der Waals surface area contributed by atoms with Crippen LogP contribution < -0.4 is 20.3 Å². The van der Waals surface area contributed by atoms with Gasteiger partial charge in [-0.05, 0) is 84.9 Å². The van der Waals surface area contributed by atoms with E-state index in [9.17, 15) is 18.8 Å². The standard InChI is InChI=1S/C30H22FN3O4S/c1-38-24-15-7-19(8-16-24)28(35)33-22-13-17-25(18-14-22)39-27-26(32-21-11-9-20(31)10-12-21)29(36)34(30(27)37)23-5-3-2-4-6-23/h2-18,32H,1H3,(H,33,35). The van der Waals surface area contributed by atoms with Crippen molar-refractivity contribution in [1.29, 1.82) is 0 Å². The Labute approximate surface area is 228 Å². The largest absolute Gasteiger partial charge is 0.497 e. The highest BCUT2D eigenvalue weighted by Crippen LogP contribution is 2.38. The first-order valence-electron chi connectivity index (χ1n) is 11.9. The molecule has 0 radical (unpaired) electrons. The fraction of sp³-hybridized carbons (Fsp3) is 0.0333. The molecule has 194 valence electrons. The normalized spacial score (nSPS) is 13.0. The number of carbonyl (C=O) groups excluding carboxylic acids is 3. The molecule has 1 heterocycles. The molecule has 0 saturated carbocycles. The second-order valence-corrected chi connectivity index (χ2v) is 9.51. The van der Waals surface area contributed by atoms with Gasteiger partial charge in [0.05, 0.1) is 12.8 Å². The summed E-state index contributed by atoms with van der Waals surface area (Å²) in [5, 5.41) is 5.83. The van der Waals surface area contributed by atoms with Crippen LogP contribution in [0.4, 0.5) is 21.5 Å². The first-order valence-corrected chi connectivity index (χ1v) is 12.7. The van der Waals surface area contributed by atoms with Crippen molar-refractivity contribution in [3.05, 3.63) is 125 Å². The number of thioether (sulfide) groups is 1. The molecule has 0 aliphatic carbocycles. The molecule has 0 unspecified atom stereocenters. The minimum atomic E-state index is -0.513. The Morgan fingerprint density at radius 1 is 0.795 bits per heavy atom. The highest BCUT2D eigenvalue weighted by Gasteiger charge is 2.40.